The Bertz CT molecular complexity index is 1120. The van der Waals surface area contributed by atoms with Crippen molar-refractivity contribution in [2.75, 3.05) is 12.4 Å². The van der Waals surface area contributed by atoms with Crippen molar-refractivity contribution in [3.8, 4) is 11.4 Å². The molecule has 1 aromatic heterocycles. The Morgan fingerprint density at radius 1 is 1.16 bits per heavy atom. The first kappa shape index (κ1) is 21.5. The molecular weight excluding hydrogens is 421 g/mol. The van der Waals surface area contributed by atoms with Gasteiger partial charge in [-0.2, -0.15) is 18.3 Å². The number of ether oxygens (including phenoxy) is 1. The van der Waals surface area contributed by atoms with Crippen molar-refractivity contribution in [3.05, 3.63) is 83.8 Å². The average molecular weight is 442 g/mol. The molecule has 32 heavy (non-hydrogen) atoms. The molecule has 2 N–H and O–H groups in total. The Labute approximate surface area is 182 Å². The van der Waals surface area contributed by atoms with Crippen molar-refractivity contribution in [1.82, 2.24) is 15.1 Å². The summed E-state index contributed by atoms with van der Waals surface area (Å²) in [4.78, 5) is 12.9. The molecule has 1 aliphatic heterocycles. The minimum Gasteiger partial charge on any atom is -0.497 e. The second kappa shape index (κ2) is 8.78. The molecule has 2 aromatic carbocycles. The van der Waals surface area contributed by atoms with Crippen LogP contribution < -0.4 is 15.4 Å². The number of benzene rings is 2. The maximum absolute atomic E-state index is 13.3. The summed E-state index contributed by atoms with van der Waals surface area (Å²) in [5.41, 5.74) is 0.463. The Morgan fingerprint density at radius 2 is 1.88 bits per heavy atom. The molecule has 0 fully saturated rings. The zero-order valence-corrected chi connectivity index (χ0v) is 17.2. The standard InChI is InChI=1S/C23H21F3N4O2/c1-32-18-11-9-17(10-12-18)30-20(14-21(29-30)23(24,25)26)22(31)28-16-7-5-15(6-8-16)19-4-2-3-13-27-19/h3,5-14,19,27H,2,4H2,1H3,(H,28,31). The van der Waals surface area contributed by atoms with E-state index in [9.17, 15) is 18.0 Å². The van der Waals surface area contributed by atoms with Gasteiger partial charge in [-0.15, -0.1) is 0 Å². The van der Waals surface area contributed by atoms with E-state index in [1.165, 1.54) is 19.2 Å². The number of alkyl halides is 3. The molecule has 0 bridgehead atoms. The number of amides is 1. The van der Waals surface area contributed by atoms with Crippen LogP contribution in [-0.4, -0.2) is 22.8 Å². The molecular formula is C23H21F3N4O2. The molecule has 0 spiro atoms. The third-order valence-corrected chi connectivity index (χ3v) is 5.16. The molecule has 2 heterocycles. The fraction of sp³-hybridized carbons (Fsp3) is 0.217. The molecule has 166 valence electrons. The number of carbonyl (C=O) groups excluding carboxylic acids is 1. The predicted octanol–water partition coefficient (Wildman–Crippen LogP) is 5.09. The monoisotopic (exact) mass is 442 g/mol. The Kier molecular flexibility index (Phi) is 5.89. The quantitative estimate of drug-likeness (QED) is 0.578. The SMILES string of the molecule is COc1ccc(-n2nc(C(F)(F)F)cc2C(=O)Nc2ccc(C3CCC=CN3)cc2)cc1. The van der Waals surface area contributed by atoms with Crippen LogP contribution >= 0.6 is 0 Å². The molecule has 0 saturated heterocycles. The van der Waals surface area contributed by atoms with Crippen LogP contribution in [0.15, 0.2) is 66.9 Å². The maximum atomic E-state index is 13.3. The lowest BCUT2D eigenvalue weighted by molar-refractivity contribution is -0.141. The molecule has 9 heteroatoms. The number of aromatic nitrogens is 2. The van der Waals surface area contributed by atoms with Gasteiger partial charge in [-0.1, -0.05) is 18.2 Å². The van der Waals surface area contributed by atoms with Crippen LogP contribution in [0.1, 0.15) is 40.6 Å². The highest BCUT2D eigenvalue weighted by atomic mass is 19.4. The van der Waals surface area contributed by atoms with Crippen LogP contribution in [0, 0.1) is 0 Å². The summed E-state index contributed by atoms with van der Waals surface area (Å²) in [7, 11) is 1.48. The van der Waals surface area contributed by atoms with Gasteiger partial charge in [-0.25, -0.2) is 4.68 Å². The van der Waals surface area contributed by atoms with E-state index >= 15 is 0 Å². The topological polar surface area (TPSA) is 68.2 Å². The Balaban J connectivity index is 1.59. The third kappa shape index (κ3) is 4.61. The second-order valence-electron chi connectivity index (χ2n) is 7.30. The molecule has 3 aromatic rings. The summed E-state index contributed by atoms with van der Waals surface area (Å²) < 4.78 is 45.9. The first-order valence-corrected chi connectivity index (χ1v) is 9.99. The van der Waals surface area contributed by atoms with Crippen molar-refractivity contribution in [3.63, 3.8) is 0 Å². The predicted molar refractivity (Wildman–Crippen MR) is 114 cm³/mol. The minimum atomic E-state index is -4.68. The summed E-state index contributed by atoms with van der Waals surface area (Å²) in [5.74, 6) is -0.165. The molecule has 1 amide bonds. The number of rotatable bonds is 5. The van der Waals surface area contributed by atoms with E-state index in [1.54, 1.807) is 24.3 Å². The van der Waals surface area contributed by atoms with Crippen LogP contribution in [-0.2, 0) is 6.18 Å². The van der Waals surface area contributed by atoms with Gasteiger partial charge in [-0.05, 0) is 61.0 Å². The lowest BCUT2D eigenvalue weighted by Gasteiger charge is -2.20. The molecule has 0 radical (unpaired) electrons. The maximum Gasteiger partial charge on any atom is 0.435 e. The lowest BCUT2D eigenvalue weighted by Crippen LogP contribution is -2.19. The number of carbonyl (C=O) groups is 1. The van der Waals surface area contributed by atoms with Gasteiger partial charge in [0.2, 0.25) is 0 Å². The lowest BCUT2D eigenvalue weighted by atomic mass is 10.00. The number of anilines is 1. The minimum absolute atomic E-state index is 0.190. The van der Waals surface area contributed by atoms with Crippen molar-refractivity contribution in [2.45, 2.75) is 25.1 Å². The van der Waals surface area contributed by atoms with Crippen molar-refractivity contribution < 1.29 is 22.7 Å². The van der Waals surface area contributed by atoms with E-state index in [-0.39, 0.29) is 11.7 Å². The largest absolute Gasteiger partial charge is 0.497 e. The highest BCUT2D eigenvalue weighted by Gasteiger charge is 2.36. The van der Waals surface area contributed by atoms with Gasteiger partial charge in [0.25, 0.3) is 5.91 Å². The van der Waals surface area contributed by atoms with Gasteiger partial charge in [0.15, 0.2) is 5.69 Å². The highest BCUT2D eigenvalue weighted by Crippen LogP contribution is 2.30. The van der Waals surface area contributed by atoms with Crippen molar-refractivity contribution >= 4 is 11.6 Å². The summed E-state index contributed by atoms with van der Waals surface area (Å²) >= 11 is 0. The van der Waals surface area contributed by atoms with E-state index in [2.05, 4.69) is 21.8 Å². The highest BCUT2D eigenvalue weighted by molar-refractivity contribution is 6.03. The molecule has 0 saturated carbocycles. The number of nitrogens with zero attached hydrogens (tertiary/aromatic N) is 2. The van der Waals surface area contributed by atoms with Crippen molar-refractivity contribution in [1.29, 1.82) is 0 Å². The van der Waals surface area contributed by atoms with Crippen LogP contribution in [0.5, 0.6) is 5.75 Å². The number of halogens is 3. The first-order chi connectivity index (χ1) is 15.3. The fourth-order valence-corrected chi connectivity index (χ4v) is 3.47. The number of nitrogens with one attached hydrogen (secondary N) is 2. The van der Waals surface area contributed by atoms with Gasteiger partial charge in [0, 0.05) is 11.8 Å². The molecule has 6 nitrogen and oxygen atoms in total. The number of hydrogen-bond donors (Lipinski definition) is 2. The molecule has 0 aliphatic carbocycles. The summed E-state index contributed by atoms with van der Waals surface area (Å²) in [6, 6.07) is 14.4. The summed E-state index contributed by atoms with van der Waals surface area (Å²) in [6.07, 6.45) is 1.24. The van der Waals surface area contributed by atoms with Gasteiger partial charge in [-0.3, -0.25) is 4.79 Å². The Morgan fingerprint density at radius 3 is 2.47 bits per heavy atom. The normalized spacial score (nSPS) is 15.8. The van der Waals surface area contributed by atoms with Crippen LogP contribution in [0.3, 0.4) is 0 Å². The van der Waals surface area contributed by atoms with Gasteiger partial charge in [0.1, 0.15) is 11.4 Å². The molecule has 1 unspecified atom stereocenters. The van der Waals surface area contributed by atoms with E-state index in [4.69, 9.17) is 4.74 Å². The second-order valence-corrected chi connectivity index (χ2v) is 7.30. The zero-order valence-electron chi connectivity index (χ0n) is 17.2. The van der Waals surface area contributed by atoms with Gasteiger partial charge >= 0.3 is 6.18 Å². The smallest absolute Gasteiger partial charge is 0.435 e. The molecule has 1 aliphatic rings. The van der Waals surface area contributed by atoms with Crippen LogP contribution in [0.25, 0.3) is 5.69 Å². The zero-order chi connectivity index (χ0) is 22.7. The van der Waals surface area contributed by atoms with E-state index in [0.717, 1.165) is 29.2 Å². The van der Waals surface area contributed by atoms with Crippen LogP contribution in [0.2, 0.25) is 0 Å². The van der Waals surface area contributed by atoms with Crippen molar-refractivity contribution in [2.24, 2.45) is 0 Å². The van der Waals surface area contributed by atoms with E-state index < -0.39 is 17.8 Å². The number of methoxy groups -OCH3 is 1. The first-order valence-electron chi connectivity index (χ1n) is 9.99. The van der Waals surface area contributed by atoms with E-state index in [0.29, 0.717) is 17.1 Å². The van der Waals surface area contributed by atoms with Gasteiger partial charge < -0.3 is 15.4 Å². The van der Waals surface area contributed by atoms with Gasteiger partial charge in [0.05, 0.1) is 18.8 Å². The number of allylic oxidation sites excluding steroid dienone is 1. The fourth-order valence-electron chi connectivity index (χ4n) is 3.47. The molecule has 4 rings (SSSR count). The molecule has 1 atom stereocenters. The summed E-state index contributed by atoms with van der Waals surface area (Å²) in [6.45, 7) is 0. The van der Waals surface area contributed by atoms with E-state index in [1.807, 2.05) is 18.3 Å². The third-order valence-electron chi connectivity index (χ3n) is 5.16. The van der Waals surface area contributed by atoms with Crippen LogP contribution in [0.4, 0.5) is 18.9 Å². The number of hydrogen-bond acceptors (Lipinski definition) is 4. The Hall–Kier alpha value is -3.75. The summed E-state index contributed by atoms with van der Waals surface area (Å²) in [5, 5.41) is 9.56. The average Bonchev–Trinajstić information content (AvgIpc) is 3.27.